The van der Waals surface area contributed by atoms with Crippen molar-refractivity contribution in [2.24, 2.45) is 5.92 Å². The Morgan fingerprint density at radius 2 is 2.05 bits per heavy atom. The molecule has 19 heavy (non-hydrogen) atoms. The van der Waals surface area contributed by atoms with E-state index in [9.17, 15) is 13.6 Å². The fraction of sp³-hybridized carbons (Fsp3) is 0.500. The Morgan fingerprint density at radius 3 is 2.53 bits per heavy atom. The van der Waals surface area contributed by atoms with Crippen LogP contribution in [0.15, 0.2) is 12.1 Å². The van der Waals surface area contributed by atoms with E-state index in [-0.39, 0.29) is 17.2 Å². The molecule has 1 atom stereocenters. The molecular weight excluding hydrogens is 250 g/mol. The number of nitrogens with one attached hydrogen (secondary N) is 1. The molecule has 5 heteroatoms. The highest BCUT2D eigenvalue weighted by Gasteiger charge is 2.25. The van der Waals surface area contributed by atoms with E-state index in [0.29, 0.717) is 25.6 Å². The molecular formula is C14H18F2N2O. The summed E-state index contributed by atoms with van der Waals surface area (Å²) in [6, 6.07) is 2.21. The Bertz CT molecular complexity index is 467. The maximum absolute atomic E-state index is 13.7. The predicted octanol–water partition coefficient (Wildman–Crippen LogP) is 2.88. The number of likely N-dealkylation sites (tertiary alicyclic amines) is 1. The minimum atomic E-state index is -0.725. The summed E-state index contributed by atoms with van der Waals surface area (Å²) in [4.78, 5) is 13.8. The summed E-state index contributed by atoms with van der Waals surface area (Å²) >= 11 is 0. The number of carbonyl (C=O) groups excluding carboxylic acids is 1. The molecule has 0 bridgehead atoms. The lowest BCUT2D eigenvalue weighted by Crippen LogP contribution is -2.28. The molecule has 1 aromatic carbocycles. The highest BCUT2D eigenvalue weighted by Crippen LogP contribution is 2.23. The second-order valence-electron chi connectivity index (χ2n) is 4.99. The molecule has 1 aliphatic heterocycles. The zero-order valence-corrected chi connectivity index (χ0v) is 11.2. The summed E-state index contributed by atoms with van der Waals surface area (Å²) < 4.78 is 27.5. The average molecular weight is 268 g/mol. The van der Waals surface area contributed by atoms with E-state index in [1.54, 1.807) is 11.8 Å². The number of anilines is 1. The number of nitrogens with zero attached hydrogens (tertiary/aromatic N) is 1. The van der Waals surface area contributed by atoms with Crippen LogP contribution >= 0.6 is 0 Å². The van der Waals surface area contributed by atoms with Gasteiger partial charge in [-0.3, -0.25) is 4.79 Å². The normalized spacial score (nSPS) is 18.7. The molecule has 1 N–H and O–H groups in total. The molecule has 1 amide bonds. The quantitative estimate of drug-likeness (QED) is 0.914. The zero-order valence-electron chi connectivity index (χ0n) is 11.2. The van der Waals surface area contributed by atoms with Crippen LogP contribution in [-0.2, 0) is 0 Å². The summed E-state index contributed by atoms with van der Waals surface area (Å²) in [5.74, 6) is -1.31. The van der Waals surface area contributed by atoms with Gasteiger partial charge in [-0.05, 0) is 31.4 Å². The molecule has 1 heterocycles. The standard InChI is InChI=1S/C14H18F2N2O/c1-3-17-13-11(15)6-10(7-12(13)16)14(19)18-5-4-9(2)8-18/h6-7,9,17H,3-5,8H2,1-2H3. The molecule has 1 unspecified atom stereocenters. The van der Waals surface area contributed by atoms with Gasteiger partial charge in [0.05, 0.1) is 0 Å². The van der Waals surface area contributed by atoms with Crippen LogP contribution in [0.2, 0.25) is 0 Å². The molecule has 0 spiro atoms. The van der Waals surface area contributed by atoms with E-state index in [4.69, 9.17) is 0 Å². The van der Waals surface area contributed by atoms with Gasteiger partial charge >= 0.3 is 0 Å². The van der Waals surface area contributed by atoms with E-state index in [1.165, 1.54) is 0 Å². The Morgan fingerprint density at radius 1 is 1.42 bits per heavy atom. The van der Waals surface area contributed by atoms with Gasteiger partial charge in [-0.2, -0.15) is 0 Å². The first-order chi connectivity index (χ1) is 9.02. The van der Waals surface area contributed by atoms with Crippen molar-refractivity contribution >= 4 is 11.6 Å². The van der Waals surface area contributed by atoms with Crippen molar-refractivity contribution in [2.45, 2.75) is 20.3 Å². The lowest BCUT2D eigenvalue weighted by molar-refractivity contribution is 0.0787. The highest BCUT2D eigenvalue weighted by molar-refractivity contribution is 5.94. The van der Waals surface area contributed by atoms with Gasteiger partial charge in [-0.25, -0.2) is 8.78 Å². The highest BCUT2D eigenvalue weighted by atomic mass is 19.1. The second-order valence-corrected chi connectivity index (χ2v) is 4.99. The molecule has 3 nitrogen and oxygen atoms in total. The third kappa shape index (κ3) is 2.85. The first-order valence-electron chi connectivity index (χ1n) is 6.55. The van der Waals surface area contributed by atoms with Crippen LogP contribution in [0, 0.1) is 17.6 Å². The summed E-state index contributed by atoms with van der Waals surface area (Å²) in [5.41, 5.74) is -0.0976. The van der Waals surface area contributed by atoms with Gasteiger partial charge < -0.3 is 10.2 Å². The van der Waals surface area contributed by atoms with E-state index in [1.807, 2.05) is 0 Å². The van der Waals surface area contributed by atoms with Crippen LogP contribution in [0.5, 0.6) is 0 Å². The third-order valence-electron chi connectivity index (χ3n) is 3.35. The molecule has 0 aliphatic carbocycles. The van der Waals surface area contributed by atoms with Crippen molar-refractivity contribution in [3.8, 4) is 0 Å². The number of benzene rings is 1. The topological polar surface area (TPSA) is 32.3 Å². The first-order valence-corrected chi connectivity index (χ1v) is 6.55. The van der Waals surface area contributed by atoms with Gasteiger partial charge in [0.1, 0.15) is 17.3 Å². The van der Waals surface area contributed by atoms with Gasteiger partial charge in [0.15, 0.2) is 0 Å². The SMILES string of the molecule is CCNc1c(F)cc(C(=O)N2CCC(C)C2)cc1F. The Balaban J connectivity index is 2.23. The number of hydrogen-bond donors (Lipinski definition) is 1. The van der Waals surface area contributed by atoms with Gasteiger partial charge in [0.2, 0.25) is 0 Å². The van der Waals surface area contributed by atoms with Crippen LogP contribution in [-0.4, -0.2) is 30.4 Å². The van der Waals surface area contributed by atoms with Crippen molar-refractivity contribution in [3.05, 3.63) is 29.3 Å². The van der Waals surface area contributed by atoms with E-state index in [0.717, 1.165) is 18.6 Å². The Hall–Kier alpha value is -1.65. The van der Waals surface area contributed by atoms with Crippen LogP contribution < -0.4 is 5.32 Å². The van der Waals surface area contributed by atoms with Gasteiger partial charge in [-0.15, -0.1) is 0 Å². The van der Waals surface area contributed by atoms with Crippen molar-refractivity contribution in [1.29, 1.82) is 0 Å². The first kappa shape index (κ1) is 13.8. The van der Waals surface area contributed by atoms with E-state index < -0.39 is 11.6 Å². The molecule has 104 valence electrons. The molecule has 1 saturated heterocycles. The minimum Gasteiger partial charge on any atom is -0.381 e. The van der Waals surface area contributed by atoms with Gasteiger partial charge in [0.25, 0.3) is 5.91 Å². The molecule has 1 aliphatic rings. The second kappa shape index (κ2) is 5.55. The predicted molar refractivity (Wildman–Crippen MR) is 70.2 cm³/mol. The van der Waals surface area contributed by atoms with Crippen molar-refractivity contribution in [2.75, 3.05) is 25.0 Å². The van der Waals surface area contributed by atoms with Crippen LogP contribution in [0.25, 0.3) is 0 Å². The van der Waals surface area contributed by atoms with Crippen LogP contribution in [0.4, 0.5) is 14.5 Å². The van der Waals surface area contributed by atoms with Crippen molar-refractivity contribution in [3.63, 3.8) is 0 Å². The smallest absolute Gasteiger partial charge is 0.254 e. The summed E-state index contributed by atoms with van der Waals surface area (Å²) in [5, 5.41) is 2.61. The number of amides is 1. The number of halogens is 2. The lowest BCUT2D eigenvalue weighted by atomic mass is 10.1. The molecule has 1 aromatic rings. The molecule has 2 rings (SSSR count). The maximum Gasteiger partial charge on any atom is 0.254 e. The molecule has 0 radical (unpaired) electrons. The van der Waals surface area contributed by atoms with Gasteiger partial charge in [0, 0.05) is 25.2 Å². The summed E-state index contributed by atoms with van der Waals surface area (Å²) in [7, 11) is 0. The van der Waals surface area contributed by atoms with Crippen molar-refractivity contribution < 1.29 is 13.6 Å². The monoisotopic (exact) mass is 268 g/mol. The summed E-state index contributed by atoms with van der Waals surface area (Å²) in [6.07, 6.45) is 0.937. The maximum atomic E-state index is 13.7. The third-order valence-corrected chi connectivity index (χ3v) is 3.35. The fourth-order valence-electron chi connectivity index (χ4n) is 2.34. The van der Waals surface area contributed by atoms with Crippen molar-refractivity contribution in [1.82, 2.24) is 4.90 Å². The lowest BCUT2D eigenvalue weighted by Gasteiger charge is -2.17. The number of rotatable bonds is 3. The van der Waals surface area contributed by atoms with Crippen LogP contribution in [0.1, 0.15) is 30.6 Å². The molecule has 0 saturated carbocycles. The molecule has 1 fully saturated rings. The average Bonchev–Trinajstić information content (AvgIpc) is 2.79. The summed E-state index contributed by atoms with van der Waals surface area (Å²) in [6.45, 7) is 5.53. The minimum absolute atomic E-state index is 0.0748. The fourth-order valence-corrected chi connectivity index (χ4v) is 2.34. The van der Waals surface area contributed by atoms with Crippen LogP contribution in [0.3, 0.4) is 0 Å². The van der Waals surface area contributed by atoms with E-state index in [2.05, 4.69) is 12.2 Å². The van der Waals surface area contributed by atoms with E-state index >= 15 is 0 Å². The Labute approximate surface area is 111 Å². The largest absolute Gasteiger partial charge is 0.381 e. The molecule has 0 aromatic heterocycles. The number of carbonyl (C=O) groups is 1. The van der Waals surface area contributed by atoms with Gasteiger partial charge in [-0.1, -0.05) is 6.92 Å². The number of hydrogen-bond acceptors (Lipinski definition) is 2. The zero-order chi connectivity index (χ0) is 14.0. The Kier molecular flexibility index (Phi) is 4.02.